The average Bonchev–Trinajstić information content (AvgIpc) is 2.54. The van der Waals surface area contributed by atoms with E-state index >= 15 is 0 Å². The van der Waals surface area contributed by atoms with Crippen molar-refractivity contribution < 1.29 is 47.3 Å². The van der Waals surface area contributed by atoms with Crippen molar-refractivity contribution in [2.45, 2.75) is 84.0 Å². The maximum Gasteiger partial charge on any atom is 1.00 e. The molecule has 0 atom stereocenters. The normalized spacial score (nSPS) is 11.5. The molecule has 0 bridgehead atoms. The number of allylic oxidation sites excluding steroid dienone is 1. The quantitative estimate of drug-likeness (QED) is 0.170. The fraction of sp³-hybridized carbons (Fsp3) is 0.842. The van der Waals surface area contributed by atoms with Gasteiger partial charge in [0.1, 0.15) is 0 Å². The summed E-state index contributed by atoms with van der Waals surface area (Å²) in [6, 6.07) is 0. The molecule has 0 unspecified atom stereocenters. The Hall–Kier alpha value is 0.120. The van der Waals surface area contributed by atoms with Gasteiger partial charge in [0, 0.05) is 19.3 Å². The first-order valence-corrected chi connectivity index (χ1v) is 11.3. The van der Waals surface area contributed by atoms with Crippen LogP contribution in [0.2, 0.25) is 0 Å². The van der Waals surface area contributed by atoms with E-state index in [9.17, 15) is 17.8 Å². The van der Waals surface area contributed by atoms with Gasteiger partial charge in [-0.1, -0.05) is 70.8 Å². The van der Waals surface area contributed by atoms with Crippen LogP contribution in [0, 0.1) is 0 Å². The number of hydrogen-bond donors (Lipinski definition) is 0. The molecule has 0 heterocycles. The van der Waals surface area contributed by atoms with Gasteiger partial charge in [0.15, 0.2) is 0 Å². The smallest absolute Gasteiger partial charge is 0.748 e. The number of carbonyl (C=O) groups excluding carboxylic acids is 1. The molecule has 5 nitrogen and oxygen atoms in total. The molecule has 0 aliphatic rings. The Kier molecular flexibility index (Phi) is 20.1. The van der Waals surface area contributed by atoms with Crippen LogP contribution in [0.3, 0.4) is 0 Å². The summed E-state index contributed by atoms with van der Waals surface area (Å²) >= 11 is 0. The van der Waals surface area contributed by atoms with Gasteiger partial charge in [0.2, 0.25) is 5.91 Å². The number of hydrogen-bond acceptors (Lipinski definition) is 4. The number of unbranched alkanes of at least 4 members (excludes halogenated alkanes) is 10. The third kappa shape index (κ3) is 20.4. The minimum atomic E-state index is -4.19. The van der Waals surface area contributed by atoms with Crippen molar-refractivity contribution in [2.24, 2.45) is 0 Å². The fourth-order valence-corrected chi connectivity index (χ4v) is 3.13. The molecule has 0 aromatic heterocycles. The van der Waals surface area contributed by atoms with Crippen LogP contribution in [-0.2, 0) is 14.9 Å². The molecule has 0 radical (unpaired) electrons. The van der Waals surface area contributed by atoms with E-state index in [1.54, 1.807) is 13.1 Å². The van der Waals surface area contributed by atoms with Crippen molar-refractivity contribution in [3.05, 3.63) is 12.2 Å². The number of amides is 1. The van der Waals surface area contributed by atoms with E-state index in [-0.39, 0.29) is 48.4 Å². The zero-order valence-electron chi connectivity index (χ0n) is 17.0. The molecule has 0 aromatic carbocycles. The molecule has 26 heavy (non-hydrogen) atoms. The van der Waals surface area contributed by atoms with Gasteiger partial charge >= 0.3 is 29.6 Å². The van der Waals surface area contributed by atoms with Gasteiger partial charge in [-0.25, -0.2) is 8.42 Å². The SMILES string of the molecule is CCCCCCCCCCCC/C=C/C(=O)N(C)CCCS(=O)(=O)[O-].[Na+]. The second kappa shape index (κ2) is 18.5. The van der Waals surface area contributed by atoms with Crippen LogP contribution in [0.1, 0.15) is 84.0 Å². The number of rotatable bonds is 16. The van der Waals surface area contributed by atoms with Crippen LogP contribution < -0.4 is 29.6 Å². The van der Waals surface area contributed by atoms with Gasteiger partial charge in [0.05, 0.1) is 10.1 Å². The number of nitrogens with zero attached hydrogens (tertiary/aromatic N) is 1. The number of carbonyl (C=O) groups is 1. The Morgan fingerprint density at radius 3 is 1.92 bits per heavy atom. The van der Waals surface area contributed by atoms with Crippen LogP contribution in [0.4, 0.5) is 0 Å². The summed E-state index contributed by atoms with van der Waals surface area (Å²) in [7, 11) is -2.58. The van der Waals surface area contributed by atoms with Crippen molar-refractivity contribution in [1.82, 2.24) is 4.90 Å². The average molecular weight is 398 g/mol. The van der Waals surface area contributed by atoms with Gasteiger partial charge in [-0.3, -0.25) is 4.79 Å². The number of likely N-dealkylation sites (N-methyl/N-ethyl adjacent to an activating group) is 1. The largest absolute Gasteiger partial charge is 1.00 e. The van der Waals surface area contributed by atoms with Gasteiger partial charge < -0.3 is 9.45 Å². The van der Waals surface area contributed by atoms with Gasteiger partial charge in [-0.05, 0) is 25.3 Å². The van der Waals surface area contributed by atoms with Crippen molar-refractivity contribution in [3.63, 3.8) is 0 Å². The maximum absolute atomic E-state index is 11.8. The van der Waals surface area contributed by atoms with E-state index in [2.05, 4.69) is 6.92 Å². The van der Waals surface area contributed by atoms with E-state index in [0.717, 1.165) is 12.8 Å². The molecule has 0 aliphatic carbocycles. The van der Waals surface area contributed by atoms with Gasteiger partial charge in [-0.15, -0.1) is 0 Å². The Morgan fingerprint density at radius 2 is 1.42 bits per heavy atom. The first-order chi connectivity index (χ1) is 11.9. The predicted molar refractivity (Wildman–Crippen MR) is 102 cm³/mol. The molecule has 0 N–H and O–H groups in total. The third-order valence-corrected chi connectivity index (χ3v) is 5.04. The van der Waals surface area contributed by atoms with Crippen LogP contribution in [0.5, 0.6) is 0 Å². The second-order valence-corrected chi connectivity index (χ2v) is 8.27. The summed E-state index contributed by atoms with van der Waals surface area (Å²) in [6.45, 7) is 2.52. The van der Waals surface area contributed by atoms with Crippen molar-refractivity contribution >= 4 is 16.0 Å². The topological polar surface area (TPSA) is 77.5 Å². The fourth-order valence-electron chi connectivity index (χ4n) is 2.65. The van der Waals surface area contributed by atoms with Crippen LogP contribution >= 0.6 is 0 Å². The molecule has 0 saturated heterocycles. The van der Waals surface area contributed by atoms with Crippen molar-refractivity contribution in [2.75, 3.05) is 19.3 Å². The molecular weight excluding hydrogens is 361 g/mol. The Balaban J connectivity index is 0. The first kappa shape index (κ1) is 28.3. The van der Waals surface area contributed by atoms with Crippen molar-refractivity contribution in [1.29, 1.82) is 0 Å². The Bertz CT molecular complexity index is 466. The summed E-state index contributed by atoms with van der Waals surface area (Å²) in [6.07, 6.45) is 17.5. The van der Waals surface area contributed by atoms with Gasteiger partial charge in [0.25, 0.3) is 0 Å². The van der Waals surface area contributed by atoms with Crippen LogP contribution in [0.15, 0.2) is 12.2 Å². The standard InChI is InChI=1S/C19H37NO4S.Na/c1-3-4-5-6-7-8-9-10-11-12-13-14-16-19(21)20(2)17-15-18-25(22,23)24;/h14,16H,3-13,15,17-18H2,1-2H3,(H,22,23,24);/q;+1/p-1/b16-14+;. The summed E-state index contributed by atoms with van der Waals surface area (Å²) < 4.78 is 31.5. The van der Waals surface area contributed by atoms with Crippen molar-refractivity contribution in [3.8, 4) is 0 Å². The van der Waals surface area contributed by atoms with E-state index < -0.39 is 15.9 Å². The minimum Gasteiger partial charge on any atom is -0.748 e. The minimum absolute atomic E-state index is 0. The Morgan fingerprint density at radius 1 is 0.923 bits per heavy atom. The van der Waals surface area contributed by atoms with E-state index in [1.807, 2.05) is 6.08 Å². The second-order valence-electron chi connectivity index (χ2n) is 6.75. The third-order valence-electron chi connectivity index (χ3n) is 4.25. The molecule has 0 aliphatic heterocycles. The van der Waals surface area contributed by atoms with Crippen LogP contribution in [0.25, 0.3) is 0 Å². The molecule has 0 aromatic rings. The molecule has 148 valence electrons. The first-order valence-electron chi connectivity index (χ1n) is 9.72. The summed E-state index contributed by atoms with van der Waals surface area (Å²) in [5.74, 6) is -0.567. The van der Waals surface area contributed by atoms with E-state index in [1.165, 1.54) is 62.7 Å². The summed E-state index contributed by atoms with van der Waals surface area (Å²) in [4.78, 5) is 13.2. The van der Waals surface area contributed by atoms with Crippen LogP contribution in [-0.4, -0.2) is 43.1 Å². The Labute approximate surface area is 183 Å². The molecule has 1 amide bonds. The summed E-state index contributed by atoms with van der Waals surface area (Å²) in [5.41, 5.74) is 0. The molecule has 0 saturated carbocycles. The molecule has 0 rings (SSSR count). The zero-order chi connectivity index (χ0) is 19.0. The monoisotopic (exact) mass is 397 g/mol. The molecule has 0 spiro atoms. The zero-order valence-corrected chi connectivity index (χ0v) is 19.9. The summed E-state index contributed by atoms with van der Waals surface area (Å²) in [5, 5.41) is 0. The van der Waals surface area contributed by atoms with E-state index in [4.69, 9.17) is 0 Å². The predicted octanol–water partition coefficient (Wildman–Crippen LogP) is 1.25. The molecule has 0 fully saturated rings. The maximum atomic E-state index is 11.8. The molecule has 7 heteroatoms. The van der Waals surface area contributed by atoms with E-state index in [0.29, 0.717) is 0 Å². The van der Waals surface area contributed by atoms with Gasteiger partial charge in [-0.2, -0.15) is 0 Å². The molecular formula is C19H36NNaO4S.